The minimum atomic E-state index is -0.659. The molecule has 11 heteroatoms. The molecule has 0 bridgehead atoms. The van der Waals surface area contributed by atoms with Crippen LogP contribution in [-0.2, 0) is 11.3 Å². The van der Waals surface area contributed by atoms with Gasteiger partial charge in [0, 0.05) is 30.0 Å². The highest BCUT2D eigenvalue weighted by Gasteiger charge is 2.50. The molecule has 1 aromatic carbocycles. The summed E-state index contributed by atoms with van der Waals surface area (Å²) in [4.78, 5) is 40.5. The van der Waals surface area contributed by atoms with E-state index in [0.717, 1.165) is 5.30 Å². The van der Waals surface area contributed by atoms with Crippen molar-refractivity contribution in [3.8, 4) is 0 Å². The molecule has 0 spiro atoms. The van der Waals surface area contributed by atoms with Crippen molar-refractivity contribution in [1.82, 2.24) is 20.1 Å². The maximum atomic E-state index is 14.4. The molecule has 2 aromatic rings. The summed E-state index contributed by atoms with van der Waals surface area (Å²) in [5.74, 6) is -0.814. The van der Waals surface area contributed by atoms with Gasteiger partial charge in [-0.2, -0.15) is 0 Å². The molecule has 35 heavy (non-hydrogen) atoms. The second-order valence-electron chi connectivity index (χ2n) is 8.96. The molecule has 4 atom stereocenters. The molecular weight excluding hydrogens is 472 g/mol. The average molecular weight is 499 g/mol. The highest BCUT2D eigenvalue weighted by Crippen LogP contribution is 2.46. The smallest absolute Gasteiger partial charge is 0.275 e. The lowest BCUT2D eigenvalue weighted by Gasteiger charge is -2.44. The SMILES string of the molecule is C=C(NCc1ccc(P)cc1F)c1c2n3c(c(N=O)c1=O)C(=O)N1CCCOC1C3CC2NCC. The van der Waals surface area contributed by atoms with Gasteiger partial charge in [0.1, 0.15) is 11.5 Å². The Labute approximate surface area is 203 Å². The lowest BCUT2D eigenvalue weighted by Crippen LogP contribution is -2.55. The number of ether oxygens (including phenoxy) is 1. The second kappa shape index (κ2) is 9.26. The third-order valence-electron chi connectivity index (χ3n) is 6.91. The Bertz CT molecular complexity index is 1300. The van der Waals surface area contributed by atoms with Crippen molar-refractivity contribution in [2.24, 2.45) is 5.18 Å². The number of nitroso groups, excluding NO2 is 1. The van der Waals surface area contributed by atoms with Gasteiger partial charge >= 0.3 is 0 Å². The number of aromatic nitrogens is 1. The van der Waals surface area contributed by atoms with Gasteiger partial charge in [-0.15, -0.1) is 14.1 Å². The third-order valence-corrected chi connectivity index (χ3v) is 7.27. The van der Waals surface area contributed by atoms with Crippen LogP contribution in [0.25, 0.3) is 5.70 Å². The maximum absolute atomic E-state index is 14.4. The fraction of sp³-hybridized carbons (Fsp3) is 0.417. The van der Waals surface area contributed by atoms with E-state index in [1.807, 2.05) is 6.92 Å². The molecule has 1 amide bonds. The lowest BCUT2D eigenvalue weighted by molar-refractivity contribution is -0.110. The molecule has 0 aliphatic carbocycles. The number of halogens is 1. The molecule has 2 N–H and O–H groups in total. The predicted molar refractivity (Wildman–Crippen MR) is 133 cm³/mol. The molecule has 9 nitrogen and oxygen atoms in total. The van der Waals surface area contributed by atoms with Gasteiger partial charge in [-0.05, 0) is 35.9 Å². The maximum Gasteiger partial charge on any atom is 0.275 e. The Hall–Kier alpha value is -2.94. The fourth-order valence-corrected chi connectivity index (χ4v) is 5.66. The highest BCUT2D eigenvalue weighted by molar-refractivity contribution is 7.27. The van der Waals surface area contributed by atoms with Crippen molar-refractivity contribution in [3.63, 3.8) is 0 Å². The van der Waals surface area contributed by atoms with Crippen LogP contribution in [0.2, 0.25) is 0 Å². The second-order valence-corrected chi connectivity index (χ2v) is 9.62. The van der Waals surface area contributed by atoms with Crippen LogP contribution in [0.1, 0.15) is 59.2 Å². The van der Waals surface area contributed by atoms with E-state index in [9.17, 15) is 18.9 Å². The standard InChI is InChI=1S/C24H27FN5O4P/c1-3-26-16-10-17-24-29(7-4-8-34-24)23(32)21-19(28-33)22(31)18(20(16)30(17)21)12(2)27-11-13-5-6-14(35)9-15(13)25/h5-6,9,16-17,24,26-27H,2-4,7-8,10-11,35H2,1H3. The van der Waals surface area contributed by atoms with Gasteiger partial charge in [-0.3, -0.25) is 9.59 Å². The molecule has 4 unspecified atom stereocenters. The predicted octanol–water partition coefficient (Wildman–Crippen LogP) is 2.44. The number of hydrogen-bond acceptors (Lipinski definition) is 7. The zero-order valence-corrected chi connectivity index (χ0v) is 20.5. The van der Waals surface area contributed by atoms with Crippen molar-refractivity contribution in [1.29, 1.82) is 0 Å². The molecule has 0 saturated carbocycles. The van der Waals surface area contributed by atoms with Crippen LogP contribution in [0.5, 0.6) is 0 Å². The van der Waals surface area contributed by atoms with Crippen molar-refractivity contribution in [3.05, 3.63) is 68.2 Å². The molecule has 184 valence electrons. The summed E-state index contributed by atoms with van der Waals surface area (Å²) in [5.41, 5.74) is 0.312. The first-order valence-corrected chi connectivity index (χ1v) is 12.2. The van der Waals surface area contributed by atoms with E-state index in [-0.39, 0.29) is 41.4 Å². The largest absolute Gasteiger partial charge is 0.381 e. The van der Waals surface area contributed by atoms with E-state index in [4.69, 9.17) is 4.74 Å². The molecule has 1 saturated heterocycles. The summed E-state index contributed by atoms with van der Waals surface area (Å²) in [6.45, 7) is 7.74. The van der Waals surface area contributed by atoms with Crippen LogP contribution >= 0.6 is 9.24 Å². The molecule has 1 fully saturated rings. The number of hydrogen-bond donors (Lipinski definition) is 2. The number of amides is 1. The fourth-order valence-electron chi connectivity index (χ4n) is 5.42. The summed E-state index contributed by atoms with van der Waals surface area (Å²) in [6.07, 6.45) is 0.767. The van der Waals surface area contributed by atoms with Crippen molar-refractivity contribution in [2.75, 3.05) is 19.7 Å². The Morgan fingerprint density at radius 3 is 2.89 bits per heavy atom. The van der Waals surface area contributed by atoms with Crippen molar-refractivity contribution >= 4 is 31.8 Å². The number of rotatable bonds is 7. The Balaban J connectivity index is 1.63. The number of benzene rings is 1. The van der Waals surface area contributed by atoms with Gasteiger partial charge < -0.3 is 24.8 Å². The summed E-state index contributed by atoms with van der Waals surface area (Å²) in [5, 5.41) is 10.2. The zero-order valence-electron chi connectivity index (χ0n) is 19.3. The van der Waals surface area contributed by atoms with Gasteiger partial charge in [0.25, 0.3) is 5.91 Å². The first kappa shape index (κ1) is 23.8. The van der Waals surface area contributed by atoms with Gasteiger partial charge in [0.15, 0.2) is 11.9 Å². The van der Waals surface area contributed by atoms with Crippen molar-refractivity contribution in [2.45, 2.75) is 44.6 Å². The van der Waals surface area contributed by atoms with E-state index in [0.29, 0.717) is 43.8 Å². The first-order valence-electron chi connectivity index (χ1n) is 11.7. The van der Waals surface area contributed by atoms with E-state index >= 15 is 0 Å². The molecule has 3 aliphatic heterocycles. The zero-order chi connectivity index (χ0) is 24.9. The van der Waals surface area contributed by atoms with Crippen LogP contribution < -0.4 is 21.4 Å². The van der Waals surface area contributed by atoms with Gasteiger partial charge in [0.05, 0.1) is 24.3 Å². The first-order chi connectivity index (χ1) is 16.9. The van der Waals surface area contributed by atoms with E-state index < -0.39 is 23.3 Å². The van der Waals surface area contributed by atoms with E-state index in [2.05, 4.69) is 31.6 Å². The molecule has 5 rings (SSSR count). The number of nitrogens with zero attached hydrogens (tertiary/aromatic N) is 3. The van der Waals surface area contributed by atoms with Gasteiger partial charge in [-0.1, -0.05) is 25.6 Å². The van der Waals surface area contributed by atoms with Crippen molar-refractivity contribution < 1.29 is 13.9 Å². The number of carbonyl (C=O) groups is 1. The monoisotopic (exact) mass is 499 g/mol. The Morgan fingerprint density at radius 1 is 1.37 bits per heavy atom. The van der Waals surface area contributed by atoms with Crippen LogP contribution in [-0.4, -0.2) is 41.3 Å². The Kier molecular flexibility index (Phi) is 6.29. The van der Waals surface area contributed by atoms with Crippen LogP contribution in [0, 0.1) is 10.7 Å². The van der Waals surface area contributed by atoms with Crippen LogP contribution in [0.15, 0.2) is 34.7 Å². The average Bonchev–Trinajstić information content (AvgIpc) is 3.20. The summed E-state index contributed by atoms with van der Waals surface area (Å²) >= 11 is 0. The number of fused-ring (bicyclic) bond motifs is 2. The number of nitrogens with one attached hydrogen (secondary N) is 2. The minimum Gasteiger partial charge on any atom is -0.381 e. The quantitative estimate of drug-likeness (QED) is 0.448. The molecule has 1 aromatic heterocycles. The number of carbonyl (C=O) groups excluding carboxylic acids is 1. The molecule has 0 radical (unpaired) electrons. The van der Waals surface area contributed by atoms with Crippen LogP contribution in [0.3, 0.4) is 0 Å². The van der Waals surface area contributed by atoms with E-state index in [1.54, 1.807) is 21.6 Å². The molecular formula is C24H27FN5O4P. The molecule has 4 heterocycles. The normalized spacial score (nSPS) is 22.5. The summed E-state index contributed by atoms with van der Waals surface area (Å²) < 4.78 is 22.1. The summed E-state index contributed by atoms with van der Waals surface area (Å²) in [6, 6.07) is 4.28. The van der Waals surface area contributed by atoms with E-state index in [1.165, 1.54) is 6.07 Å². The Morgan fingerprint density at radius 2 is 2.17 bits per heavy atom. The van der Waals surface area contributed by atoms with Crippen LogP contribution in [0.4, 0.5) is 10.1 Å². The molecule has 3 aliphatic rings. The minimum absolute atomic E-state index is 0.00535. The summed E-state index contributed by atoms with van der Waals surface area (Å²) in [7, 11) is 2.44. The third kappa shape index (κ3) is 3.80. The van der Waals surface area contributed by atoms with Gasteiger partial charge in [0.2, 0.25) is 5.43 Å². The lowest BCUT2D eigenvalue weighted by atomic mass is 10.0. The highest BCUT2D eigenvalue weighted by atomic mass is 31.0. The number of pyridine rings is 1. The topological polar surface area (TPSA) is 105 Å². The van der Waals surface area contributed by atoms with Gasteiger partial charge in [-0.25, -0.2) is 4.39 Å².